The van der Waals surface area contributed by atoms with Gasteiger partial charge in [-0.05, 0) is 61.6 Å². The van der Waals surface area contributed by atoms with Crippen molar-refractivity contribution in [3.8, 4) is 5.75 Å². The maximum absolute atomic E-state index is 12.7. The highest BCUT2D eigenvalue weighted by molar-refractivity contribution is 7.09. The first-order valence-electron chi connectivity index (χ1n) is 13.2. The predicted molar refractivity (Wildman–Crippen MR) is 140 cm³/mol. The van der Waals surface area contributed by atoms with E-state index < -0.39 is 0 Å². The fourth-order valence-corrected chi connectivity index (χ4v) is 5.84. The maximum atomic E-state index is 12.7. The number of nitrogens with one attached hydrogen (secondary N) is 2. The molecule has 35 heavy (non-hydrogen) atoms. The van der Waals surface area contributed by atoms with Crippen LogP contribution < -0.4 is 15.4 Å². The van der Waals surface area contributed by atoms with Crippen molar-refractivity contribution in [3.05, 3.63) is 45.9 Å². The van der Waals surface area contributed by atoms with E-state index in [9.17, 15) is 9.59 Å². The third-order valence-corrected chi connectivity index (χ3v) is 8.20. The van der Waals surface area contributed by atoms with Gasteiger partial charge in [0.25, 0.3) is 5.91 Å². The van der Waals surface area contributed by atoms with Crippen LogP contribution in [0.3, 0.4) is 0 Å². The van der Waals surface area contributed by atoms with Crippen LogP contribution >= 0.6 is 11.3 Å². The van der Waals surface area contributed by atoms with Gasteiger partial charge in [-0.1, -0.05) is 51.7 Å². The molecule has 0 bridgehead atoms. The van der Waals surface area contributed by atoms with Crippen molar-refractivity contribution < 1.29 is 14.3 Å². The lowest BCUT2D eigenvalue weighted by Gasteiger charge is -2.29. The van der Waals surface area contributed by atoms with E-state index in [-0.39, 0.29) is 23.9 Å². The Kier molecular flexibility index (Phi) is 9.18. The zero-order valence-corrected chi connectivity index (χ0v) is 21.9. The van der Waals surface area contributed by atoms with Crippen LogP contribution in [0.5, 0.6) is 5.75 Å². The van der Waals surface area contributed by atoms with Crippen molar-refractivity contribution >= 4 is 23.2 Å². The quantitative estimate of drug-likeness (QED) is 0.424. The minimum Gasteiger partial charge on any atom is -0.486 e. The summed E-state index contributed by atoms with van der Waals surface area (Å²) >= 11 is 1.44. The van der Waals surface area contributed by atoms with E-state index in [0.29, 0.717) is 24.6 Å². The summed E-state index contributed by atoms with van der Waals surface area (Å²) in [6.45, 7) is 4.69. The van der Waals surface area contributed by atoms with E-state index in [0.717, 1.165) is 48.8 Å². The molecule has 4 rings (SSSR count). The molecule has 2 aromatic rings. The topological polar surface area (TPSA) is 80.3 Å². The van der Waals surface area contributed by atoms with Crippen LogP contribution in [0.4, 0.5) is 0 Å². The number of hydrogen-bond donors (Lipinski definition) is 2. The van der Waals surface area contributed by atoms with Crippen molar-refractivity contribution in [1.29, 1.82) is 0 Å². The third-order valence-electron chi connectivity index (χ3n) is 7.38. The summed E-state index contributed by atoms with van der Waals surface area (Å²) in [4.78, 5) is 29.5. The first-order valence-corrected chi connectivity index (χ1v) is 14.1. The SMILES string of the molecule is CC(C)c1ccc(OCc2nc(C(=O)NC3CCC(NC(=O)CCC4CCCC4)CC3)cs2)cc1. The predicted octanol–water partition coefficient (Wildman–Crippen LogP) is 5.97. The van der Waals surface area contributed by atoms with Crippen molar-refractivity contribution in [2.75, 3.05) is 0 Å². The number of thiazole rings is 1. The minimum absolute atomic E-state index is 0.127. The molecule has 0 atom stereocenters. The molecule has 2 aliphatic rings. The summed E-state index contributed by atoms with van der Waals surface area (Å²) in [7, 11) is 0. The third kappa shape index (κ3) is 7.79. The van der Waals surface area contributed by atoms with Gasteiger partial charge in [0.1, 0.15) is 23.1 Å². The van der Waals surface area contributed by atoms with Crippen LogP contribution in [-0.2, 0) is 11.4 Å². The van der Waals surface area contributed by atoms with Gasteiger partial charge in [-0.25, -0.2) is 4.98 Å². The molecular formula is C28H39N3O3S. The highest BCUT2D eigenvalue weighted by atomic mass is 32.1. The lowest BCUT2D eigenvalue weighted by atomic mass is 9.90. The summed E-state index contributed by atoms with van der Waals surface area (Å²) in [5.41, 5.74) is 1.73. The fraction of sp³-hybridized carbons (Fsp3) is 0.607. The molecule has 7 heteroatoms. The second-order valence-electron chi connectivity index (χ2n) is 10.4. The molecule has 2 aliphatic carbocycles. The molecule has 0 aliphatic heterocycles. The molecule has 2 fully saturated rings. The molecule has 0 spiro atoms. The van der Waals surface area contributed by atoms with Gasteiger partial charge in [0, 0.05) is 23.9 Å². The van der Waals surface area contributed by atoms with Crippen LogP contribution in [0.2, 0.25) is 0 Å². The van der Waals surface area contributed by atoms with Gasteiger partial charge < -0.3 is 15.4 Å². The van der Waals surface area contributed by atoms with Crippen LogP contribution in [-0.4, -0.2) is 28.9 Å². The van der Waals surface area contributed by atoms with Gasteiger partial charge in [-0.2, -0.15) is 0 Å². The first kappa shape index (κ1) is 25.7. The average Bonchev–Trinajstić information content (AvgIpc) is 3.55. The first-order chi connectivity index (χ1) is 17.0. The van der Waals surface area contributed by atoms with Crippen molar-refractivity contribution in [1.82, 2.24) is 15.6 Å². The zero-order chi connectivity index (χ0) is 24.6. The molecule has 2 saturated carbocycles. The smallest absolute Gasteiger partial charge is 0.270 e. The summed E-state index contributed by atoms with van der Waals surface area (Å²) in [5, 5.41) is 8.92. The second-order valence-corrected chi connectivity index (χ2v) is 11.4. The molecule has 2 N–H and O–H groups in total. The number of amides is 2. The van der Waals surface area contributed by atoms with Gasteiger partial charge in [0.15, 0.2) is 0 Å². The fourth-order valence-electron chi connectivity index (χ4n) is 5.15. The largest absolute Gasteiger partial charge is 0.486 e. The Bertz CT molecular complexity index is 958. The molecule has 6 nitrogen and oxygen atoms in total. The van der Waals surface area contributed by atoms with E-state index in [4.69, 9.17) is 4.74 Å². The zero-order valence-electron chi connectivity index (χ0n) is 21.1. The lowest BCUT2D eigenvalue weighted by Crippen LogP contribution is -2.43. The second kappa shape index (κ2) is 12.5. The van der Waals surface area contributed by atoms with Gasteiger partial charge >= 0.3 is 0 Å². The Labute approximate surface area is 213 Å². The number of rotatable bonds is 10. The van der Waals surface area contributed by atoms with Gasteiger partial charge in [-0.3, -0.25) is 9.59 Å². The number of nitrogens with zero attached hydrogens (tertiary/aromatic N) is 1. The summed E-state index contributed by atoms with van der Waals surface area (Å²) in [5.74, 6) is 2.11. The number of benzene rings is 1. The molecule has 1 aromatic carbocycles. The Morgan fingerprint density at radius 3 is 2.31 bits per heavy atom. The van der Waals surface area contributed by atoms with Crippen molar-refractivity contribution in [2.45, 2.75) is 103 Å². The van der Waals surface area contributed by atoms with Crippen LogP contribution in [0.1, 0.15) is 105 Å². The number of hydrogen-bond acceptors (Lipinski definition) is 5. The normalized spacial score (nSPS) is 20.7. The molecule has 1 heterocycles. The number of carbonyl (C=O) groups is 2. The Morgan fingerprint density at radius 2 is 1.66 bits per heavy atom. The molecule has 0 saturated heterocycles. The van der Waals surface area contributed by atoms with Crippen LogP contribution in [0, 0.1) is 5.92 Å². The molecule has 0 unspecified atom stereocenters. The van der Waals surface area contributed by atoms with E-state index in [1.54, 1.807) is 5.38 Å². The standard InChI is InChI=1S/C28H39N3O3S/c1-19(2)21-8-14-24(15-9-21)34-17-27-31-25(18-35-27)28(33)30-23-12-10-22(11-13-23)29-26(32)16-7-20-5-3-4-6-20/h8-9,14-15,18-20,22-23H,3-7,10-13,16-17H2,1-2H3,(H,29,32)(H,30,33). The molecule has 190 valence electrons. The van der Waals surface area contributed by atoms with Gasteiger partial charge in [-0.15, -0.1) is 11.3 Å². The molecule has 1 aromatic heterocycles. The maximum Gasteiger partial charge on any atom is 0.270 e. The summed E-state index contributed by atoms with van der Waals surface area (Å²) in [6, 6.07) is 8.48. The summed E-state index contributed by atoms with van der Waals surface area (Å²) in [6.07, 6.45) is 10.5. The van der Waals surface area contributed by atoms with E-state index in [2.05, 4.69) is 41.6 Å². The summed E-state index contributed by atoms with van der Waals surface area (Å²) < 4.78 is 5.84. The number of ether oxygens (including phenoxy) is 1. The van der Waals surface area contributed by atoms with Gasteiger partial charge in [0.05, 0.1) is 0 Å². The average molecular weight is 498 g/mol. The number of aromatic nitrogens is 1. The number of carbonyl (C=O) groups excluding carboxylic acids is 2. The lowest BCUT2D eigenvalue weighted by molar-refractivity contribution is -0.122. The van der Waals surface area contributed by atoms with Crippen LogP contribution in [0.25, 0.3) is 0 Å². The molecule has 2 amide bonds. The highest BCUT2D eigenvalue weighted by Gasteiger charge is 2.25. The Morgan fingerprint density at radius 1 is 1.00 bits per heavy atom. The monoisotopic (exact) mass is 497 g/mol. The minimum atomic E-state index is -0.127. The highest BCUT2D eigenvalue weighted by Crippen LogP contribution is 2.28. The molecular weight excluding hydrogens is 458 g/mol. The Balaban J connectivity index is 1.15. The van der Waals surface area contributed by atoms with Crippen molar-refractivity contribution in [3.63, 3.8) is 0 Å². The van der Waals surface area contributed by atoms with Crippen LogP contribution in [0.15, 0.2) is 29.6 Å². The van der Waals surface area contributed by atoms with E-state index >= 15 is 0 Å². The van der Waals surface area contributed by atoms with Gasteiger partial charge in [0.2, 0.25) is 5.91 Å². The van der Waals surface area contributed by atoms with Crippen molar-refractivity contribution in [2.24, 2.45) is 5.92 Å². The molecule has 0 radical (unpaired) electrons. The van der Waals surface area contributed by atoms with E-state index in [1.807, 2.05) is 12.1 Å². The van der Waals surface area contributed by atoms with E-state index in [1.165, 1.54) is 42.6 Å². The Hall–Kier alpha value is -2.41.